The van der Waals surface area contributed by atoms with Crippen LogP contribution in [0.4, 0.5) is 0 Å². The van der Waals surface area contributed by atoms with Crippen LogP contribution in [0.25, 0.3) is 10.9 Å². The number of pyridine rings is 1. The van der Waals surface area contributed by atoms with Gasteiger partial charge in [-0.3, -0.25) is 9.78 Å². The molecule has 0 atom stereocenters. The Labute approximate surface area is 139 Å². The lowest BCUT2D eigenvalue weighted by Gasteiger charge is -2.06. The monoisotopic (exact) mass is 321 g/mol. The highest BCUT2D eigenvalue weighted by Crippen LogP contribution is 2.26. The normalized spacial score (nSPS) is 10.9. The largest absolute Gasteiger partial charge is 0.550 e. The molecule has 2 aromatic heterocycles. The Morgan fingerprint density at radius 2 is 2.00 bits per heavy atom. The zero-order valence-electron chi connectivity index (χ0n) is 13.6. The number of aliphatic carboxylic acids is 1. The fourth-order valence-corrected chi connectivity index (χ4v) is 2.82. The van der Waals surface area contributed by atoms with Crippen molar-refractivity contribution >= 4 is 22.7 Å². The van der Waals surface area contributed by atoms with Gasteiger partial charge < -0.3 is 14.9 Å². The summed E-state index contributed by atoms with van der Waals surface area (Å²) in [6.07, 6.45) is 2.08. The Hall–Kier alpha value is -2.95. The minimum absolute atomic E-state index is 0.264. The highest BCUT2D eigenvalue weighted by atomic mass is 16.4. The Morgan fingerprint density at radius 3 is 2.67 bits per heavy atom. The van der Waals surface area contributed by atoms with Crippen LogP contribution >= 0.6 is 0 Å². The van der Waals surface area contributed by atoms with E-state index in [4.69, 9.17) is 0 Å². The molecule has 0 unspecified atom stereocenters. The number of carboxylic acids is 1. The average molecular weight is 321 g/mol. The summed E-state index contributed by atoms with van der Waals surface area (Å²) in [5, 5.41) is 11.9. The predicted octanol–water partition coefficient (Wildman–Crippen LogP) is 1.96. The number of fused-ring (bicyclic) bond motifs is 1. The summed E-state index contributed by atoms with van der Waals surface area (Å²) >= 11 is 0. The van der Waals surface area contributed by atoms with E-state index < -0.39 is 5.97 Å². The maximum atomic E-state index is 12.8. The van der Waals surface area contributed by atoms with Gasteiger partial charge in [0.15, 0.2) is 0 Å². The molecule has 0 aliphatic rings. The number of aromatic nitrogens is 2. The molecule has 3 rings (SSSR count). The van der Waals surface area contributed by atoms with Gasteiger partial charge in [-0.05, 0) is 54.3 Å². The first kappa shape index (κ1) is 15.9. The first-order chi connectivity index (χ1) is 11.5. The van der Waals surface area contributed by atoms with Crippen molar-refractivity contribution in [3.8, 4) is 0 Å². The lowest BCUT2D eigenvalue weighted by molar-refractivity contribution is -0.304. The highest BCUT2D eigenvalue weighted by molar-refractivity contribution is 6.11. The number of H-pyrrole nitrogens is 1. The van der Waals surface area contributed by atoms with Crippen molar-refractivity contribution in [2.75, 3.05) is 0 Å². The molecule has 5 nitrogen and oxygen atoms in total. The molecule has 0 saturated carbocycles. The quantitative estimate of drug-likeness (QED) is 0.728. The summed E-state index contributed by atoms with van der Waals surface area (Å²) in [5.74, 6) is -1.53. The van der Waals surface area contributed by atoms with Crippen LogP contribution in [-0.2, 0) is 17.6 Å². The van der Waals surface area contributed by atoms with Gasteiger partial charge in [0.2, 0.25) is 5.78 Å². The van der Waals surface area contributed by atoms with Crippen LogP contribution in [0.15, 0.2) is 36.5 Å². The van der Waals surface area contributed by atoms with Gasteiger partial charge in [0.05, 0.1) is 5.69 Å². The van der Waals surface area contributed by atoms with E-state index in [-0.39, 0.29) is 23.6 Å². The number of aromatic amines is 1. The van der Waals surface area contributed by atoms with E-state index in [9.17, 15) is 14.7 Å². The molecule has 0 aliphatic heterocycles. The molecule has 0 bridgehead atoms. The van der Waals surface area contributed by atoms with Crippen molar-refractivity contribution in [2.24, 2.45) is 0 Å². The number of hydrogen-bond donors (Lipinski definition) is 1. The number of carbonyl (C=O) groups excluding carboxylic acids is 2. The van der Waals surface area contributed by atoms with E-state index in [0.717, 1.165) is 28.5 Å². The average Bonchev–Trinajstić information content (AvgIpc) is 2.91. The molecule has 0 saturated heterocycles. The number of benzene rings is 1. The van der Waals surface area contributed by atoms with Crippen molar-refractivity contribution in [3.05, 3.63) is 64.6 Å². The Balaban J connectivity index is 2.19. The van der Waals surface area contributed by atoms with Gasteiger partial charge in [0.25, 0.3) is 0 Å². The van der Waals surface area contributed by atoms with Crippen LogP contribution in [-0.4, -0.2) is 21.7 Å². The number of hydrogen-bond acceptors (Lipinski definition) is 4. The summed E-state index contributed by atoms with van der Waals surface area (Å²) in [6, 6.07) is 9.24. The maximum absolute atomic E-state index is 12.8. The Morgan fingerprint density at radius 1 is 1.21 bits per heavy atom. The van der Waals surface area contributed by atoms with E-state index in [0.29, 0.717) is 5.56 Å². The topological polar surface area (TPSA) is 85.9 Å². The third-order valence-corrected chi connectivity index (χ3v) is 4.08. The number of nitrogens with one attached hydrogen (secondary N) is 1. The SMILES string of the molecule is CCc1ccc2[nH]c(C(=O)c3cc(C)ccn3)c(CC(=O)[O-])c2c1. The molecular weight excluding hydrogens is 304 g/mol. The fraction of sp³-hybridized carbons (Fsp3) is 0.211. The van der Waals surface area contributed by atoms with E-state index in [2.05, 4.69) is 9.97 Å². The van der Waals surface area contributed by atoms with Crippen LogP contribution in [0.3, 0.4) is 0 Å². The zero-order valence-corrected chi connectivity index (χ0v) is 13.6. The summed E-state index contributed by atoms with van der Waals surface area (Å²) in [5.41, 5.74) is 3.73. The van der Waals surface area contributed by atoms with Crippen LogP contribution in [0.2, 0.25) is 0 Å². The smallest absolute Gasteiger partial charge is 0.227 e. The van der Waals surface area contributed by atoms with Crippen molar-refractivity contribution < 1.29 is 14.7 Å². The third-order valence-electron chi connectivity index (χ3n) is 4.08. The molecule has 5 heteroatoms. The predicted molar refractivity (Wildman–Crippen MR) is 88.8 cm³/mol. The fourth-order valence-electron chi connectivity index (χ4n) is 2.82. The molecule has 0 aliphatic carbocycles. The Bertz CT molecular complexity index is 941. The molecule has 0 amide bonds. The molecule has 1 N–H and O–H groups in total. The van der Waals surface area contributed by atoms with Gasteiger partial charge in [0.1, 0.15) is 5.69 Å². The van der Waals surface area contributed by atoms with E-state index >= 15 is 0 Å². The van der Waals surface area contributed by atoms with E-state index in [1.165, 1.54) is 0 Å². The van der Waals surface area contributed by atoms with Crippen molar-refractivity contribution in [2.45, 2.75) is 26.7 Å². The van der Waals surface area contributed by atoms with Gasteiger partial charge in [-0.1, -0.05) is 13.0 Å². The van der Waals surface area contributed by atoms with Crippen LogP contribution < -0.4 is 5.11 Å². The lowest BCUT2D eigenvalue weighted by atomic mass is 10.0. The van der Waals surface area contributed by atoms with Gasteiger partial charge in [0, 0.05) is 29.5 Å². The molecule has 3 aromatic rings. The zero-order chi connectivity index (χ0) is 17.3. The number of carboxylic acid groups (broad SMARTS) is 1. The van der Waals surface area contributed by atoms with Crippen LogP contribution in [0.1, 0.15) is 39.8 Å². The number of rotatable bonds is 5. The van der Waals surface area contributed by atoms with Gasteiger partial charge in [-0.25, -0.2) is 0 Å². The number of nitrogens with zero attached hydrogens (tertiary/aromatic N) is 1. The molecule has 0 spiro atoms. The number of carbonyl (C=O) groups is 2. The summed E-state index contributed by atoms with van der Waals surface area (Å²) < 4.78 is 0. The third kappa shape index (κ3) is 2.93. The molecule has 0 radical (unpaired) electrons. The first-order valence-electron chi connectivity index (χ1n) is 7.80. The van der Waals surface area contributed by atoms with Crippen LogP contribution in [0, 0.1) is 6.92 Å². The van der Waals surface area contributed by atoms with Gasteiger partial charge in [-0.15, -0.1) is 0 Å². The molecule has 122 valence electrons. The van der Waals surface area contributed by atoms with Crippen LogP contribution in [0.5, 0.6) is 0 Å². The standard InChI is InChI=1S/C19H18N2O3/c1-3-12-4-5-15-13(9-12)14(10-17(22)23)18(21-15)19(24)16-8-11(2)6-7-20-16/h4-9,21H,3,10H2,1-2H3,(H,22,23)/p-1. The summed E-state index contributed by atoms with van der Waals surface area (Å²) in [4.78, 5) is 31.2. The first-order valence-corrected chi connectivity index (χ1v) is 7.80. The second-order valence-electron chi connectivity index (χ2n) is 5.81. The van der Waals surface area contributed by atoms with Gasteiger partial charge in [-0.2, -0.15) is 0 Å². The summed E-state index contributed by atoms with van der Waals surface area (Å²) in [7, 11) is 0. The molecule has 0 fully saturated rings. The van der Waals surface area contributed by atoms with Gasteiger partial charge >= 0.3 is 0 Å². The minimum Gasteiger partial charge on any atom is -0.550 e. The lowest BCUT2D eigenvalue weighted by Crippen LogP contribution is -2.25. The van der Waals surface area contributed by atoms with E-state index in [1.807, 2.05) is 32.0 Å². The number of aryl methyl sites for hydroxylation is 2. The van der Waals surface area contributed by atoms with E-state index in [1.54, 1.807) is 18.3 Å². The molecule has 1 aromatic carbocycles. The maximum Gasteiger partial charge on any atom is 0.227 e. The molecule has 24 heavy (non-hydrogen) atoms. The van der Waals surface area contributed by atoms with Crippen molar-refractivity contribution in [1.82, 2.24) is 9.97 Å². The van der Waals surface area contributed by atoms with Crippen molar-refractivity contribution in [1.29, 1.82) is 0 Å². The minimum atomic E-state index is -1.22. The number of ketones is 1. The second-order valence-corrected chi connectivity index (χ2v) is 5.81. The molecular formula is C19H17N2O3-. The summed E-state index contributed by atoms with van der Waals surface area (Å²) in [6.45, 7) is 3.90. The van der Waals surface area contributed by atoms with Crippen molar-refractivity contribution in [3.63, 3.8) is 0 Å². The second kappa shape index (κ2) is 6.28. The Kier molecular flexibility index (Phi) is 4.16. The highest BCUT2D eigenvalue weighted by Gasteiger charge is 2.20. The molecule has 2 heterocycles.